The molecule has 3 rings (SSSR count). The fraction of sp³-hybridized carbons (Fsp3) is 0.111. The lowest BCUT2D eigenvalue weighted by molar-refractivity contribution is -0.385. The first-order chi connectivity index (χ1) is 13.7. The van der Waals surface area contributed by atoms with Gasteiger partial charge in [0.15, 0.2) is 0 Å². The number of aryl methyl sites for hydroxylation is 2. The van der Waals surface area contributed by atoms with Crippen LogP contribution in [0.4, 0.5) is 11.4 Å². The Hall–Kier alpha value is -3.60. The molecule has 0 amide bonds. The maximum Gasteiger partial charge on any atom is 0.288 e. The van der Waals surface area contributed by atoms with E-state index in [1.54, 1.807) is 32.0 Å². The number of rotatable bonds is 6. The molecule has 0 aliphatic carbocycles. The normalized spacial score (nSPS) is 10.4. The molecule has 0 saturated heterocycles. The maximum absolute atomic E-state index is 10.8. The minimum Gasteiger partial charge on any atom is -0.439 e. The quantitative estimate of drug-likeness (QED) is 0.359. The van der Waals surface area contributed by atoms with Crippen LogP contribution in [0.1, 0.15) is 11.1 Å². The minimum atomic E-state index is -0.533. The summed E-state index contributed by atoms with van der Waals surface area (Å²) in [5, 5.41) is 21.7. The van der Waals surface area contributed by atoms with Crippen LogP contribution in [0.15, 0.2) is 47.2 Å². The summed E-state index contributed by atoms with van der Waals surface area (Å²) in [5.74, 6) is 1.17. The van der Waals surface area contributed by atoms with E-state index >= 15 is 0 Å². The van der Waals surface area contributed by atoms with Crippen molar-refractivity contribution in [2.24, 2.45) is 0 Å². The number of benzene rings is 1. The number of nitrogens with zero attached hydrogens (tertiary/aromatic N) is 4. The fourth-order valence-electron chi connectivity index (χ4n) is 2.39. The Morgan fingerprint density at radius 3 is 1.55 bits per heavy atom. The zero-order chi connectivity index (χ0) is 21.1. The molecule has 10 nitrogen and oxygen atoms in total. The molecule has 2 heterocycles. The Labute approximate surface area is 172 Å². The van der Waals surface area contributed by atoms with Crippen molar-refractivity contribution in [3.05, 3.63) is 78.6 Å². The Morgan fingerprint density at radius 2 is 1.21 bits per heavy atom. The molecule has 0 atom stereocenters. The molecule has 0 bridgehead atoms. The molecule has 0 unspecified atom stereocenters. The molecular formula is C18H13BrN4O6. The largest absolute Gasteiger partial charge is 0.439 e. The summed E-state index contributed by atoms with van der Waals surface area (Å²) in [6.45, 7) is 3.30. The second kappa shape index (κ2) is 8.19. The lowest BCUT2D eigenvalue weighted by atomic mass is 10.2. The van der Waals surface area contributed by atoms with Gasteiger partial charge in [0.05, 0.1) is 9.85 Å². The highest BCUT2D eigenvalue weighted by Gasteiger charge is 2.14. The Kier molecular flexibility index (Phi) is 5.69. The van der Waals surface area contributed by atoms with Gasteiger partial charge in [0.25, 0.3) is 11.4 Å². The van der Waals surface area contributed by atoms with Gasteiger partial charge in [-0.15, -0.1) is 0 Å². The molecule has 148 valence electrons. The molecule has 2 aromatic heterocycles. The van der Waals surface area contributed by atoms with E-state index in [1.807, 2.05) is 0 Å². The molecule has 0 saturated carbocycles. The predicted molar refractivity (Wildman–Crippen MR) is 106 cm³/mol. The van der Waals surface area contributed by atoms with E-state index in [9.17, 15) is 20.2 Å². The van der Waals surface area contributed by atoms with Crippen molar-refractivity contribution in [3.63, 3.8) is 0 Å². The third kappa shape index (κ3) is 4.82. The van der Waals surface area contributed by atoms with Gasteiger partial charge in [0, 0.05) is 33.8 Å². The van der Waals surface area contributed by atoms with Gasteiger partial charge in [0.1, 0.15) is 23.9 Å². The fourth-order valence-corrected chi connectivity index (χ4v) is 2.84. The first kappa shape index (κ1) is 20.1. The van der Waals surface area contributed by atoms with Gasteiger partial charge in [-0.3, -0.25) is 20.2 Å². The third-order valence-corrected chi connectivity index (χ3v) is 4.18. The van der Waals surface area contributed by atoms with E-state index in [-0.39, 0.29) is 23.1 Å². The molecular weight excluding hydrogens is 448 g/mol. The van der Waals surface area contributed by atoms with Crippen molar-refractivity contribution in [2.75, 3.05) is 0 Å². The Bertz CT molecular complexity index is 1040. The van der Waals surface area contributed by atoms with Gasteiger partial charge in [-0.1, -0.05) is 15.9 Å². The lowest BCUT2D eigenvalue weighted by Crippen LogP contribution is -1.97. The van der Waals surface area contributed by atoms with Crippen LogP contribution in [0.25, 0.3) is 0 Å². The summed E-state index contributed by atoms with van der Waals surface area (Å²) in [5.41, 5.74) is 0.727. The number of hydrogen-bond acceptors (Lipinski definition) is 8. The molecule has 0 aliphatic rings. The first-order valence-electron chi connectivity index (χ1n) is 8.11. The van der Waals surface area contributed by atoms with Crippen LogP contribution in [0.2, 0.25) is 0 Å². The number of pyridine rings is 2. The summed E-state index contributed by atoms with van der Waals surface area (Å²) in [7, 11) is 0. The van der Waals surface area contributed by atoms with E-state index < -0.39 is 9.85 Å². The van der Waals surface area contributed by atoms with Crippen molar-refractivity contribution in [2.45, 2.75) is 13.8 Å². The highest BCUT2D eigenvalue weighted by atomic mass is 79.9. The second-order valence-corrected chi connectivity index (χ2v) is 6.89. The highest BCUT2D eigenvalue weighted by Crippen LogP contribution is 2.34. The van der Waals surface area contributed by atoms with Gasteiger partial charge in [-0.2, -0.15) is 0 Å². The maximum atomic E-state index is 10.8. The lowest BCUT2D eigenvalue weighted by Gasteiger charge is -2.11. The highest BCUT2D eigenvalue weighted by molar-refractivity contribution is 9.10. The number of aromatic nitrogens is 2. The Morgan fingerprint density at radius 1 is 0.793 bits per heavy atom. The van der Waals surface area contributed by atoms with Crippen LogP contribution in [0.5, 0.6) is 23.3 Å². The van der Waals surface area contributed by atoms with Crippen LogP contribution in [0, 0.1) is 34.1 Å². The summed E-state index contributed by atoms with van der Waals surface area (Å²) in [6.07, 6.45) is 2.23. The van der Waals surface area contributed by atoms with Gasteiger partial charge >= 0.3 is 0 Å². The van der Waals surface area contributed by atoms with Crippen LogP contribution in [0.3, 0.4) is 0 Å². The van der Waals surface area contributed by atoms with E-state index in [1.165, 1.54) is 12.1 Å². The number of nitro groups is 2. The molecule has 0 fully saturated rings. The molecule has 0 radical (unpaired) electrons. The van der Waals surface area contributed by atoms with Crippen molar-refractivity contribution in [1.82, 2.24) is 9.97 Å². The molecule has 3 aromatic rings. The van der Waals surface area contributed by atoms with Crippen LogP contribution in [-0.4, -0.2) is 19.8 Å². The van der Waals surface area contributed by atoms with Crippen LogP contribution < -0.4 is 9.47 Å². The number of ether oxygens (including phenoxy) is 2. The SMILES string of the molecule is Cc1cc([N+](=O)[O-])cnc1Oc1cc(Br)cc(Oc2ncc([N+](=O)[O-])cc2C)c1. The first-order valence-corrected chi connectivity index (χ1v) is 8.90. The van der Waals surface area contributed by atoms with Crippen LogP contribution >= 0.6 is 15.9 Å². The van der Waals surface area contributed by atoms with Crippen molar-refractivity contribution in [3.8, 4) is 23.3 Å². The smallest absolute Gasteiger partial charge is 0.288 e. The van der Waals surface area contributed by atoms with E-state index in [4.69, 9.17) is 9.47 Å². The van der Waals surface area contributed by atoms with Crippen molar-refractivity contribution >= 4 is 27.3 Å². The standard InChI is InChI=1S/C18H13BrN4O6/c1-10-3-13(22(24)25)8-20-17(10)28-15-5-12(19)6-16(7-15)29-18-11(2)4-14(9-21-18)23(26)27/h3-9H,1-2H3. The van der Waals surface area contributed by atoms with E-state index in [0.717, 1.165) is 12.4 Å². The number of halogens is 1. The molecule has 1 aromatic carbocycles. The summed E-state index contributed by atoms with van der Waals surface area (Å²) in [4.78, 5) is 28.6. The van der Waals surface area contributed by atoms with Crippen LogP contribution in [-0.2, 0) is 0 Å². The summed E-state index contributed by atoms with van der Waals surface area (Å²) < 4.78 is 12.1. The van der Waals surface area contributed by atoms with Crippen molar-refractivity contribution in [1.29, 1.82) is 0 Å². The Balaban J connectivity index is 1.85. The molecule has 0 aliphatic heterocycles. The van der Waals surface area contributed by atoms with Gasteiger partial charge in [-0.05, 0) is 26.0 Å². The molecule has 29 heavy (non-hydrogen) atoms. The van der Waals surface area contributed by atoms with E-state index in [2.05, 4.69) is 25.9 Å². The molecule has 0 spiro atoms. The predicted octanol–water partition coefficient (Wildman–Crippen LogP) is 5.26. The average Bonchev–Trinajstić information content (AvgIpc) is 2.64. The van der Waals surface area contributed by atoms with Gasteiger partial charge in [0.2, 0.25) is 11.8 Å². The zero-order valence-electron chi connectivity index (χ0n) is 15.2. The summed E-state index contributed by atoms with van der Waals surface area (Å²) in [6, 6.07) is 7.65. The molecule has 11 heteroatoms. The van der Waals surface area contributed by atoms with Gasteiger partial charge in [-0.25, -0.2) is 9.97 Å². The topological polar surface area (TPSA) is 131 Å². The van der Waals surface area contributed by atoms with Gasteiger partial charge < -0.3 is 9.47 Å². The molecule has 0 N–H and O–H groups in total. The monoisotopic (exact) mass is 460 g/mol. The summed E-state index contributed by atoms with van der Waals surface area (Å²) >= 11 is 3.36. The van der Waals surface area contributed by atoms with Crippen molar-refractivity contribution < 1.29 is 19.3 Å². The van der Waals surface area contributed by atoms with E-state index in [0.29, 0.717) is 27.1 Å². The zero-order valence-corrected chi connectivity index (χ0v) is 16.7. The average molecular weight is 461 g/mol. The minimum absolute atomic E-state index is 0.132. The third-order valence-electron chi connectivity index (χ3n) is 3.73. The number of hydrogen-bond donors (Lipinski definition) is 0. The second-order valence-electron chi connectivity index (χ2n) is 5.97.